The van der Waals surface area contributed by atoms with Crippen molar-refractivity contribution in [3.8, 4) is 0 Å². The number of nitrogens with zero attached hydrogens (tertiary/aromatic N) is 1. The summed E-state index contributed by atoms with van der Waals surface area (Å²) in [5.41, 5.74) is 1.33. The molecule has 0 bridgehead atoms. The maximum atomic E-state index is 11.3. The molecule has 0 aromatic carbocycles. The quantitative estimate of drug-likeness (QED) is 0.568. The number of carbonyl (C=O) groups is 1. The van der Waals surface area contributed by atoms with Crippen LogP contribution in [-0.4, -0.2) is 24.9 Å². The van der Waals surface area contributed by atoms with Gasteiger partial charge in [-0.25, -0.2) is 0 Å². The third-order valence-corrected chi connectivity index (χ3v) is 2.68. The van der Waals surface area contributed by atoms with E-state index in [1.807, 2.05) is 6.08 Å². The molecule has 1 aliphatic rings. The van der Waals surface area contributed by atoms with Crippen molar-refractivity contribution >= 4 is 5.91 Å². The number of rotatable bonds is 1. The van der Waals surface area contributed by atoms with E-state index in [2.05, 4.69) is 6.92 Å². The maximum Gasteiger partial charge on any atom is 0.245 e. The van der Waals surface area contributed by atoms with Gasteiger partial charge in [-0.05, 0) is 31.6 Å². The molecule has 2 nitrogen and oxygen atoms in total. The van der Waals surface area contributed by atoms with Crippen molar-refractivity contribution in [2.24, 2.45) is 5.92 Å². The summed E-state index contributed by atoms with van der Waals surface area (Å²) in [6, 6.07) is 0. The monoisotopic (exact) mass is 181 g/mol. The van der Waals surface area contributed by atoms with E-state index in [0.29, 0.717) is 0 Å². The predicted molar refractivity (Wildman–Crippen MR) is 54.4 cm³/mol. The molecule has 0 aliphatic heterocycles. The average molecular weight is 181 g/mol. The molecule has 0 atom stereocenters. The summed E-state index contributed by atoms with van der Waals surface area (Å²) in [5.74, 6) is 0.969. The molecule has 0 radical (unpaired) electrons. The Labute approximate surface area is 80.6 Å². The van der Waals surface area contributed by atoms with Crippen LogP contribution in [0.3, 0.4) is 0 Å². The van der Waals surface area contributed by atoms with Crippen molar-refractivity contribution in [1.29, 1.82) is 0 Å². The fourth-order valence-corrected chi connectivity index (χ4v) is 1.58. The smallest absolute Gasteiger partial charge is 0.245 e. The molecule has 0 N–H and O–H groups in total. The molecule has 0 aromatic rings. The van der Waals surface area contributed by atoms with E-state index < -0.39 is 0 Å². The number of hydrogen-bond acceptors (Lipinski definition) is 1. The summed E-state index contributed by atoms with van der Waals surface area (Å²) in [7, 11) is 3.59. The second-order valence-electron chi connectivity index (χ2n) is 4.22. The number of allylic oxidation sites excluding steroid dienone is 1. The molecule has 1 aliphatic carbocycles. The first kappa shape index (κ1) is 10.3. The van der Waals surface area contributed by atoms with Crippen molar-refractivity contribution in [3.63, 3.8) is 0 Å². The largest absolute Gasteiger partial charge is 0.345 e. The molecule has 1 fully saturated rings. The third-order valence-electron chi connectivity index (χ3n) is 2.68. The summed E-state index contributed by atoms with van der Waals surface area (Å²) in [6.45, 7) is 2.28. The Balaban J connectivity index is 2.48. The van der Waals surface area contributed by atoms with E-state index >= 15 is 0 Å². The molecule has 1 saturated carbocycles. The molecule has 0 aromatic heterocycles. The summed E-state index contributed by atoms with van der Waals surface area (Å²) in [5, 5.41) is 0. The molecular formula is C11H19NO. The van der Waals surface area contributed by atoms with Crippen LogP contribution in [0, 0.1) is 5.92 Å². The first-order valence-electron chi connectivity index (χ1n) is 5.00. The lowest BCUT2D eigenvalue weighted by molar-refractivity contribution is -0.123. The summed E-state index contributed by atoms with van der Waals surface area (Å²) < 4.78 is 0. The molecule has 1 amide bonds. The van der Waals surface area contributed by atoms with Gasteiger partial charge in [0.05, 0.1) is 0 Å². The first-order chi connectivity index (χ1) is 6.09. The minimum Gasteiger partial charge on any atom is -0.345 e. The minimum atomic E-state index is 0.129. The molecule has 2 heteroatoms. The SMILES string of the molecule is CC1CCC(=CC(=O)N(C)C)CC1. The van der Waals surface area contributed by atoms with E-state index in [0.717, 1.165) is 18.8 Å². The highest BCUT2D eigenvalue weighted by atomic mass is 16.2. The summed E-state index contributed by atoms with van der Waals surface area (Å²) in [6.07, 6.45) is 6.52. The second kappa shape index (κ2) is 4.45. The van der Waals surface area contributed by atoms with Gasteiger partial charge in [-0.1, -0.05) is 12.5 Å². The molecule has 0 saturated heterocycles. The Morgan fingerprint density at radius 1 is 1.38 bits per heavy atom. The minimum absolute atomic E-state index is 0.129. The van der Waals surface area contributed by atoms with E-state index in [-0.39, 0.29) is 5.91 Å². The first-order valence-corrected chi connectivity index (χ1v) is 5.00. The van der Waals surface area contributed by atoms with Crippen LogP contribution in [0.2, 0.25) is 0 Å². The molecule has 0 unspecified atom stereocenters. The van der Waals surface area contributed by atoms with Gasteiger partial charge in [0.2, 0.25) is 5.91 Å². The summed E-state index contributed by atoms with van der Waals surface area (Å²) in [4.78, 5) is 13.0. The fraction of sp³-hybridized carbons (Fsp3) is 0.727. The van der Waals surface area contributed by atoms with Gasteiger partial charge < -0.3 is 4.90 Å². The number of likely N-dealkylation sites (N-methyl/N-ethyl adjacent to an activating group) is 1. The molecule has 74 valence electrons. The Hall–Kier alpha value is -0.790. The van der Waals surface area contributed by atoms with Crippen LogP contribution in [0.4, 0.5) is 0 Å². The van der Waals surface area contributed by atoms with Crippen molar-refractivity contribution in [1.82, 2.24) is 4.90 Å². The lowest BCUT2D eigenvalue weighted by atomic mass is 9.87. The second-order valence-corrected chi connectivity index (χ2v) is 4.22. The Kier molecular flexibility index (Phi) is 3.52. The van der Waals surface area contributed by atoms with Gasteiger partial charge >= 0.3 is 0 Å². The van der Waals surface area contributed by atoms with Crippen molar-refractivity contribution < 1.29 is 4.79 Å². The van der Waals surface area contributed by atoms with Gasteiger partial charge in [-0.15, -0.1) is 0 Å². The van der Waals surface area contributed by atoms with Gasteiger partial charge in [-0.3, -0.25) is 4.79 Å². The Morgan fingerprint density at radius 2 is 1.92 bits per heavy atom. The lowest BCUT2D eigenvalue weighted by Gasteiger charge is -2.20. The maximum absolute atomic E-state index is 11.3. The van der Waals surface area contributed by atoms with E-state index in [1.54, 1.807) is 19.0 Å². The standard InChI is InChI=1S/C11H19NO/c1-9-4-6-10(7-5-9)8-11(13)12(2)3/h8-9H,4-7H2,1-3H3. The average Bonchev–Trinajstić information content (AvgIpc) is 2.08. The Bertz CT molecular complexity index is 208. The fourth-order valence-electron chi connectivity index (χ4n) is 1.58. The van der Waals surface area contributed by atoms with Crippen LogP contribution in [0.15, 0.2) is 11.6 Å². The third kappa shape index (κ3) is 3.21. The molecular weight excluding hydrogens is 162 g/mol. The topological polar surface area (TPSA) is 20.3 Å². The zero-order chi connectivity index (χ0) is 9.84. The predicted octanol–water partition coefficient (Wildman–Crippen LogP) is 2.21. The van der Waals surface area contributed by atoms with Crippen molar-refractivity contribution in [2.45, 2.75) is 32.6 Å². The van der Waals surface area contributed by atoms with Crippen LogP contribution in [0.25, 0.3) is 0 Å². The van der Waals surface area contributed by atoms with Crippen LogP contribution >= 0.6 is 0 Å². The lowest BCUT2D eigenvalue weighted by Crippen LogP contribution is -2.20. The van der Waals surface area contributed by atoms with E-state index in [1.165, 1.54) is 18.4 Å². The molecule has 13 heavy (non-hydrogen) atoms. The van der Waals surface area contributed by atoms with Crippen LogP contribution in [0.5, 0.6) is 0 Å². The van der Waals surface area contributed by atoms with Gasteiger partial charge in [0.15, 0.2) is 0 Å². The van der Waals surface area contributed by atoms with Crippen molar-refractivity contribution in [2.75, 3.05) is 14.1 Å². The Morgan fingerprint density at radius 3 is 2.38 bits per heavy atom. The van der Waals surface area contributed by atoms with Gasteiger partial charge in [0, 0.05) is 20.2 Å². The van der Waals surface area contributed by atoms with E-state index in [9.17, 15) is 4.79 Å². The van der Waals surface area contributed by atoms with Crippen LogP contribution < -0.4 is 0 Å². The zero-order valence-electron chi connectivity index (χ0n) is 8.84. The summed E-state index contributed by atoms with van der Waals surface area (Å²) >= 11 is 0. The van der Waals surface area contributed by atoms with Crippen LogP contribution in [0.1, 0.15) is 32.6 Å². The highest BCUT2D eigenvalue weighted by Gasteiger charge is 2.13. The number of amides is 1. The van der Waals surface area contributed by atoms with Crippen molar-refractivity contribution in [3.05, 3.63) is 11.6 Å². The molecule has 1 rings (SSSR count). The normalized spacial score (nSPS) is 22.7. The van der Waals surface area contributed by atoms with Gasteiger partial charge in [-0.2, -0.15) is 0 Å². The molecule has 0 spiro atoms. The van der Waals surface area contributed by atoms with Crippen LogP contribution in [-0.2, 0) is 4.79 Å². The van der Waals surface area contributed by atoms with E-state index in [4.69, 9.17) is 0 Å². The number of carbonyl (C=O) groups excluding carboxylic acids is 1. The van der Waals surface area contributed by atoms with Gasteiger partial charge in [0.25, 0.3) is 0 Å². The zero-order valence-corrected chi connectivity index (χ0v) is 8.84. The highest BCUT2D eigenvalue weighted by molar-refractivity contribution is 5.87. The highest BCUT2D eigenvalue weighted by Crippen LogP contribution is 2.27. The van der Waals surface area contributed by atoms with Gasteiger partial charge in [0.1, 0.15) is 0 Å². The number of hydrogen-bond donors (Lipinski definition) is 0. The molecule has 0 heterocycles.